The van der Waals surface area contributed by atoms with Gasteiger partial charge in [-0.3, -0.25) is 0 Å². The van der Waals surface area contributed by atoms with Crippen molar-refractivity contribution < 1.29 is 0 Å². The van der Waals surface area contributed by atoms with Gasteiger partial charge in [0.2, 0.25) is 0 Å². The van der Waals surface area contributed by atoms with Gasteiger partial charge in [-0.2, -0.15) is 0 Å². The van der Waals surface area contributed by atoms with E-state index >= 15 is 0 Å². The third-order valence-electron chi connectivity index (χ3n) is 1.74. The number of imidazole rings is 1. The van der Waals surface area contributed by atoms with Crippen LogP contribution in [-0.2, 0) is 0 Å². The van der Waals surface area contributed by atoms with Crippen LogP contribution in [0.2, 0.25) is 0 Å². The molecule has 15 heavy (non-hydrogen) atoms. The molecule has 0 amide bonds. The number of hydrogen-bond acceptors (Lipinski definition) is 5. The first-order chi connectivity index (χ1) is 7.28. The van der Waals surface area contributed by atoms with E-state index in [9.17, 15) is 0 Å². The number of aromatic amines is 1. The summed E-state index contributed by atoms with van der Waals surface area (Å²) < 4.78 is 0. The fourth-order valence-electron chi connectivity index (χ4n) is 1.13. The lowest BCUT2D eigenvalue weighted by Crippen LogP contribution is -1.97. The number of anilines is 1. The van der Waals surface area contributed by atoms with Gasteiger partial charge in [-0.05, 0) is 18.7 Å². The molecule has 0 unspecified atom stereocenters. The van der Waals surface area contributed by atoms with E-state index in [2.05, 4.69) is 25.3 Å². The minimum absolute atomic E-state index is 0.746. The zero-order valence-electron chi connectivity index (χ0n) is 8.48. The fraction of sp³-hybridized carbons (Fsp3) is 0.222. The Morgan fingerprint density at radius 2 is 2.27 bits per heavy atom. The number of nitrogens with one attached hydrogen (secondary N) is 2. The van der Waals surface area contributed by atoms with Gasteiger partial charge in [0.1, 0.15) is 16.7 Å². The van der Waals surface area contributed by atoms with Crippen LogP contribution in [0.25, 0.3) is 0 Å². The first-order valence-corrected chi connectivity index (χ1v) is 5.30. The van der Waals surface area contributed by atoms with E-state index in [-0.39, 0.29) is 0 Å². The average Bonchev–Trinajstić information content (AvgIpc) is 2.69. The highest BCUT2D eigenvalue weighted by atomic mass is 32.2. The summed E-state index contributed by atoms with van der Waals surface area (Å²) in [6.45, 7) is 1.87. The molecule has 5 nitrogen and oxygen atoms in total. The highest BCUT2D eigenvalue weighted by Crippen LogP contribution is 2.23. The molecule has 6 heteroatoms. The van der Waals surface area contributed by atoms with Crippen molar-refractivity contribution in [2.24, 2.45) is 0 Å². The Labute approximate surface area is 91.8 Å². The normalized spacial score (nSPS) is 10.3. The van der Waals surface area contributed by atoms with Crippen molar-refractivity contribution in [2.75, 3.05) is 12.4 Å². The maximum atomic E-state index is 4.31. The van der Waals surface area contributed by atoms with Crippen LogP contribution in [0.1, 0.15) is 5.82 Å². The van der Waals surface area contributed by atoms with Crippen LogP contribution in [0.5, 0.6) is 0 Å². The zero-order valence-corrected chi connectivity index (χ0v) is 9.30. The van der Waals surface area contributed by atoms with Crippen molar-refractivity contribution in [1.29, 1.82) is 0 Å². The highest BCUT2D eigenvalue weighted by molar-refractivity contribution is 7.99. The summed E-state index contributed by atoms with van der Waals surface area (Å²) in [5, 5.41) is 4.70. The van der Waals surface area contributed by atoms with E-state index in [1.807, 2.05) is 20.0 Å². The second-order valence-electron chi connectivity index (χ2n) is 2.89. The fourth-order valence-corrected chi connectivity index (χ4v) is 1.91. The number of hydrogen-bond donors (Lipinski definition) is 2. The van der Waals surface area contributed by atoms with Crippen LogP contribution in [-0.4, -0.2) is 27.0 Å². The Balaban J connectivity index is 2.24. The molecular weight excluding hydrogens is 210 g/mol. The molecule has 0 bridgehead atoms. The molecular formula is C9H11N5S. The van der Waals surface area contributed by atoms with Gasteiger partial charge in [0.15, 0.2) is 5.16 Å². The largest absolute Gasteiger partial charge is 0.373 e. The van der Waals surface area contributed by atoms with Crippen molar-refractivity contribution in [1.82, 2.24) is 19.9 Å². The molecule has 0 spiro atoms. The maximum absolute atomic E-state index is 4.31. The first-order valence-electron chi connectivity index (χ1n) is 4.48. The number of aryl methyl sites for hydroxylation is 1. The van der Waals surface area contributed by atoms with E-state index in [1.165, 1.54) is 11.8 Å². The van der Waals surface area contributed by atoms with E-state index in [0.29, 0.717) is 0 Å². The van der Waals surface area contributed by atoms with Gasteiger partial charge in [0.05, 0.1) is 0 Å². The third kappa shape index (κ3) is 2.47. The van der Waals surface area contributed by atoms with Crippen molar-refractivity contribution >= 4 is 17.6 Å². The van der Waals surface area contributed by atoms with Crippen molar-refractivity contribution in [3.63, 3.8) is 0 Å². The summed E-state index contributed by atoms with van der Waals surface area (Å²) in [5.74, 6) is 1.56. The molecule has 0 fully saturated rings. The van der Waals surface area contributed by atoms with Gasteiger partial charge >= 0.3 is 0 Å². The number of aromatic nitrogens is 4. The maximum Gasteiger partial charge on any atom is 0.171 e. The summed E-state index contributed by atoms with van der Waals surface area (Å²) in [6, 6.07) is 1.89. The molecule has 2 aromatic heterocycles. The molecule has 0 saturated carbocycles. The lowest BCUT2D eigenvalue weighted by Gasteiger charge is -2.03. The third-order valence-corrected chi connectivity index (χ3v) is 2.58. The van der Waals surface area contributed by atoms with Gasteiger partial charge in [0.25, 0.3) is 0 Å². The molecule has 2 aromatic rings. The summed E-state index contributed by atoms with van der Waals surface area (Å²) in [5.41, 5.74) is 0. The van der Waals surface area contributed by atoms with E-state index in [4.69, 9.17) is 0 Å². The molecule has 0 aromatic carbocycles. The van der Waals surface area contributed by atoms with Crippen LogP contribution in [0.4, 0.5) is 5.82 Å². The Hall–Kier alpha value is -1.56. The number of H-pyrrole nitrogens is 1. The molecule has 0 radical (unpaired) electrons. The molecule has 0 atom stereocenters. The zero-order chi connectivity index (χ0) is 10.7. The molecule has 78 valence electrons. The van der Waals surface area contributed by atoms with Gasteiger partial charge in [0, 0.05) is 25.5 Å². The molecule has 2 heterocycles. The van der Waals surface area contributed by atoms with Gasteiger partial charge in [-0.1, -0.05) is 0 Å². The minimum Gasteiger partial charge on any atom is -0.373 e. The molecule has 0 aliphatic carbocycles. The predicted octanol–water partition coefficient (Wildman–Crippen LogP) is 1.70. The Morgan fingerprint density at radius 3 is 2.93 bits per heavy atom. The monoisotopic (exact) mass is 221 g/mol. The second kappa shape index (κ2) is 4.31. The van der Waals surface area contributed by atoms with Gasteiger partial charge < -0.3 is 10.3 Å². The summed E-state index contributed by atoms with van der Waals surface area (Å²) >= 11 is 1.48. The average molecular weight is 221 g/mol. The first kappa shape index (κ1) is 9.97. The Kier molecular flexibility index (Phi) is 2.86. The summed E-state index contributed by atoms with van der Waals surface area (Å²) in [7, 11) is 1.84. The van der Waals surface area contributed by atoms with Crippen molar-refractivity contribution in [2.45, 2.75) is 17.1 Å². The van der Waals surface area contributed by atoms with E-state index in [0.717, 1.165) is 21.8 Å². The van der Waals surface area contributed by atoms with Crippen LogP contribution in [0.3, 0.4) is 0 Å². The molecule has 0 aliphatic rings. The number of nitrogens with zero attached hydrogens (tertiary/aromatic N) is 3. The Bertz CT molecular complexity index is 440. The number of rotatable bonds is 3. The predicted molar refractivity (Wildman–Crippen MR) is 59.0 cm³/mol. The highest BCUT2D eigenvalue weighted by Gasteiger charge is 2.04. The smallest absolute Gasteiger partial charge is 0.171 e. The molecule has 2 N–H and O–H groups in total. The van der Waals surface area contributed by atoms with Crippen LogP contribution >= 0.6 is 11.8 Å². The lowest BCUT2D eigenvalue weighted by molar-refractivity contribution is 0.960. The Morgan fingerprint density at radius 1 is 1.40 bits per heavy atom. The molecule has 0 aliphatic heterocycles. The van der Waals surface area contributed by atoms with Crippen molar-refractivity contribution in [3.05, 3.63) is 24.3 Å². The molecule has 0 saturated heterocycles. The van der Waals surface area contributed by atoms with Crippen LogP contribution in [0, 0.1) is 6.92 Å². The summed E-state index contributed by atoms with van der Waals surface area (Å²) in [6.07, 6.45) is 3.50. The van der Waals surface area contributed by atoms with Crippen LogP contribution in [0.15, 0.2) is 28.6 Å². The van der Waals surface area contributed by atoms with Crippen molar-refractivity contribution in [3.8, 4) is 0 Å². The SMILES string of the molecule is CNc1cc(Sc2ncc[nH]2)nc(C)n1. The minimum atomic E-state index is 0.746. The van der Waals surface area contributed by atoms with E-state index < -0.39 is 0 Å². The lowest BCUT2D eigenvalue weighted by atomic mass is 10.5. The topological polar surface area (TPSA) is 66.5 Å². The second-order valence-corrected chi connectivity index (χ2v) is 3.89. The van der Waals surface area contributed by atoms with Gasteiger partial charge in [-0.25, -0.2) is 15.0 Å². The van der Waals surface area contributed by atoms with Crippen LogP contribution < -0.4 is 5.32 Å². The van der Waals surface area contributed by atoms with Gasteiger partial charge in [-0.15, -0.1) is 0 Å². The van der Waals surface area contributed by atoms with E-state index in [1.54, 1.807) is 12.4 Å². The standard InChI is InChI=1S/C9H11N5S/c1-6-13-7(10-2)5-8(14-6)15-9-11-3-4-12-9/h3-5H,1-2H3,(H,11,12)(H,10,13,14). The molecule has 2 rings (SSSR count). The quantitative estimate of drug-likeness (QED) is 0.772. The summed E-state index contributed by atoms with van der Waals surface area (Å²) in [4.78, 5) is 15.7.